The molecule has 1 aliphatic heterocycles. The van der Waals surface area contributed by atoms with Crippen LogP contribution in [0.5, 0.6) is 11.5 Å². The van der Waals surface area contributed by atoms with Crippen molar-refractivity contribution in [2.45, 2.75) is 31.5 Å². The van der Waals surface area contributed by atoms with Crippen molar-refractivity contribution in [3.8, 4) is 11.5 Å². The van der Waals surface area contributed by atoms with Crippen LogP contribution < -0.4 is 20.1 Å². The quantitative estimate of drug-likeness (QED) is 0.258. The summed E-state index contributed by atoms with van der Waals surface area (Å²) in [6.07, 6.45) is -2.30. The number of rotatable bonds is 8. The maximum Gasteiger partial charge on any atom is 0.424 e. The predicted molar refractivity (Wildman–Crippen MR) is 123 cm³/mol. The normalized spacial score (nSPS) is 15.1. The summed E-state index contributed by atoms with van der Waals surface area (Å²) in [5.41, 5.74) is -2.06. The Balaban J connectivity index is 0.00000363. The Morgan fingerprint density at radius 1 is 1.25 bits per heavy atom. The number of guanidine groups is 1. The maximum atomic E-state index is 13.6. The van der Waals surface area contributed by atoms with Crippen molar-refractivity contribution in [3.63, 3.8) is 0 Å². The van der Waals surface area contributed by atoms with Gasteiger partial charge in [-0.05, 0) is 31.0 Å². The summed E-state index contributed by atoms with van der Waals surface area (Å²) in [7, 11) is 1.41. The van der Waals surface area contributed by atoms with Crippen LogP contribution in [0.3, 0.4) is 0 Å². The van der Waals surface area contributed by atoms with Crippen molar-refractivity contribution < 1.29 is 27.8 Å². The molecule has 0 bridgehead atoms. The van der Waals surface area contributed by atoms with Gasteiger partial charge in [-0.1, -0.05) is 6.07 Å². The summed E-state index contributed by atoms with van der Waals surface area (Å²) in [4.78, 5) is 7.88. The van der Waals surface area contributed by atoms with Crippen molar-refractivity contribution in [3.05, 3.63) is 42.0 Å². The molecule has 1 aliphatic rings. The van der Waals surface area contributed by atoms with Gasteiger partial charge in [0.25, 0.3) is 0 Å². The Kier molecular flexibility index (Phi) is 9.01. The second-order valence-electron chi connectivity index (χ2n) is 7.09. The third-order valence-corrected chi connectivity index (χ3v) is 4.89. The lowest BCUT2D eigenvalue weighted by molar-refractivity contribution is -0.272. The molecule has 8 nitrogen and oxygen atoms in total. The molecule has 12 heteroatoms. The standard InChI is InChI=1S/C20H26F3N5O3.HI/c1-3-24-18(26-8-6-14-4-5-15-16(12-14)31-13-30-15)27-9-7-19(29,20(21,22)23)17-25-10-11-28(17)2;/h4-5,10-12,29H,3,6-9,13H2,1-2H3,(H2,24,26,27);1H. The fourth-order valence-corrected chi connectivity index (χ4v) is 3.24. The number of aliphatic hydroxyl groups is 1. The van der Waals surface area contributed by atoms with Crippen molar-refractivity contribution in [2.75, 3.05) is 26.4 Å². The lowest BCUT2D eigenvalue weighted by atomic mass is 9.98. The van der Waals surface area contributed by atoms with Gasteiger partial charge in [-0.25, -0.2) is 4.98 Å². The zero-order chi connectivity index (χ0) is 22.5. The van der Waals surface area contributed by atoms with Gasteiger partial charge in [-0.15, -0.1) is 24.0 Å². The third-order valence-electron chi connectivity index (χ3n) is 4.89. The SMILES string of the molecule is CCNC(=NCCC(O)(c1nccn1C)C(F)(F)F)NCCc1ccc2c(c1)OCO2.I. The number of ether oxygens (including phenoxy) is 2. The van der Waals surface area contributed by atoms with Gasteiger partial charge in [0.1, 0.15) is 5.82 Å². The molecule has 1 aromatic carbocycles. The molecule has 2 heterocycles. The molecule has 0 radical (unpaired) electrons. The highest BCUT2D eigenvalue weighted by Crippen LogP contribution is 2.40. The lowest BCUT2D eigenvalue weighted by Gasteiger charge is -2.29. The van der Waals surface area contributed by atoms with E-state index in [1.165, 1.54) is 19.4 Å². The molecule has 1 aromatic heterocycles. The van der Waals surface area contributed by atoms with Gasteiger partial charge < -0.3 is 29.8 Å². The maximum absolute atomic E-state index is 13.6. The molecular weight excluding hydrogens is 542 g/mol. The second kappa shape index (κ2) is 11.1. The molecule has 0 amide bonds. The molecule has 0 aliphatic carbocycles. The summed E-state index contributed by atoms with van der Waals surface area (Å²) in [5, 5.41) is 16.5. The summed E-state index contributed by atoms with van der Waals surface area (Å²) < 4.78 is 52.6. The Bertz CT molecular complexity index is 922. The van der Waals surface area contributed by atoms with Gasteiger partial charge in [-0.3, -0.25) is 4.99 Å². The van der Waals surface area contributed by atoms with E-state index in [2.05, 4.69) is 20.6 Å². The number of aliphatic imine (C=N–C) groups is 1. The second-order valence-corrected chi connectivity index (χ2v) is 7.09. The molecule has 0 fully saturated rings. The van der Waals surface area contributed by atoms with Gasteiger partial charge >= 0.3 is 6.18 Å². The number of nitrogens with one attached hydrogen (secondary N) is 2. The Hall–Kier alpha value is -2.22. The Morgan fingerprint density at radius 3 is 2.66 bits per heavy atom. The van der Waals surface area contributed by atoms with Gasteiger partial charge in [-0.2, -0.15) is 13.2 Å². The number of hydrogen-bond acceptors (Lipinski definition) is 5. The van der Waals surface area contributed by atoms with Crippen LogP contribution in [-0.4, -0.2) is 53.2 Å². The van der Waals surface area contributed by atoms with Crippen LogP contribution in [0.15, 0.2) is 35.6 Å². The number of imidazole rings is 1. The van der Waals surface area contributed by atoms with Crippen molar-refractivity contribution in [2.24, 2.45) is 12.0 Å². The first kappa shape index (κ1) is 26.0. The van der Waals surface area contributed by atoms with E-state index in [0.29, 0.717) is 37.0 Å². The van der Waals surface area contributed by atoms with Crippen LogP contribution >= 0.6 is 24.0 Å². The monoisotopic (exact) mass is 569 g/mol. The fraction of sp³-hybridized carbons (Fsp3) is 0.500. The van der Waals surface area contributed by atoms with Crippen LogP contribution in [0.25, 0.3) is 0 Å². The van der Waals surface area contributed by atoms with Crippen molar-refractivity contribution >= 4 is 29.9 Å². The van der Waals surface area contributed by atoms with E-state index in [-0.39, 0.29) is 37.3 Å². The summed E-state index contributed by atoms with van der Waals surface area (Å²) >= 11 is 0. The van der Waals surface area contributed by atoms with E-state index < -0.39 is 24.0 Å². The highest BCUT2D eigenvalue weighted by Gasteiger charge is 2.57. The van der Waals surface area contributed by atoms with E-state index >= 15 is 0 Å². The van der Waals surface area contributed by atoms with Crippen LogP contribution in [-0.2, 0) is 19.1 Å². The molecule has 0 saturated carbocycles. The van der Waals surface area contributed by atoms with E-state index in [1.807, 2.05) is 25.1 Å². The predicted octanol–water partition coefficient (Wildman–Crippen LogP) is 2.70. The average Bonchev–Trinajstić information content (AvgIpc) is 3.35. The molecule has 0 saturated heterocycles. The number of aryl methyl sites for hydroxylation is 1. The summed E-state index contributed by atoms with van der Waals surface area (Å²) in [6, 6.07) is 5.66. The number of halogens is 4. The van der Waals surface area contributed by atoms with Gasteiger partial charge in [0, 0.05) is 45.5 Å². The first-order valence-corrected chi connectivity index (χ1v) is 9.92. The van der Waals surface area contributed by atoms with Crippen LogP contribution in [0.4, 0.5) is 13.2 Å². The lowest BCUT2D eigenvalue weighted by Crippen LogP contribution is -2.45. The van der Waals surface area contributed by atoms with E-state index in [0.717, 1.165) is 10.1 Å². The Morgan fingerprint density at radius 2 is 2.00 bits per heavy atom. The third kappa shape index (κ3) is 5.97. The van der Waals surface area contributed by atoms with Crippen molar-refractivity contribution in [1.29, 1.82) is 0 Å². The molecule has 2 aromatic rings. The molecule has 3 rings (SSSR count). The topological polar surface area (TPSA) is 92.9 Å². The fourth-order valence-electron chi connectivity index (χ4n) is 3.24. The van der Waals surface area contributed by atoms with E-state index in [4.69, 9.17) is 9.47 Å². The molecule has 3 N–H and O–H groups in total. The molecular formula is C20H27F3IN5O3. The average molecular weight is 569 g/mol. The molecule has 0 spiro atoms. The minimum Gasteiger partial charge on any atom is -0.454 e. The number of hydrogen-bond donors (Lipinski definition) is 3. The minimum absolute atomic E-state index is 0. The Labute approximate surface area is 201 Å². The molecule has 1 unspecified atom stereocenters. The van der Waals surface area contributed by atoms with Crippen LogP contribution in [0.1, 0.15) is 24.7 Å². The molecule has 32 heavy (non-hydrogen) atoms. The number of aromatic nitrogens is 2. The first-order chi connectivity index (χ1) is 14.7. The number of alkyl halides is 3. The smallest absolute Gasteiger partial charge is 0.424 e. The van der Waals surface area contributed by atoms with E-state index in [1.54, 1.807) is 0 Å². The summed E-state index contributed by atoms with van der Waals surface area (Å²) in [5.74, 6) is 1.30. The first-order valence-electron chi connectivity index (χ1n) is 9.92. The van der Waals surface area contributed by atoms with Crippen molar-refractivity contribution in [1.82, 2.24) is 20.2 Å². The van der Waals surface area contributed by atoms with E-state index in [9.17, 15) is 18.3 Å². The number of benzene rings is 1. The minimum atomic E-state index is -4.88. The summed E-state index contributed by atoms with van der Waals surface area (Å²) in [6.45, 7) is 2.86. The molecule has 178 valence electrons. The van der Waals surface area contributed by atoms with Gasteiger partial charge in [0.05, 0.1) is 0 Å². The zero-order valence-corrected chi connectivity index (χ0v) is 20.1. The number of nitrogens with zero attached hydrogens (tertiary/aromatic N) is 3. The largest absolute Gasteiger partial charge is 0.454 e. The number of fused-ring (bicyclic) bond motifs is 1. The highest BCUT2D eigenvalue weighted by molar-refractivity contribution is 14.0. The zero-order valence-electron chi connectivity index (χ0n) is 17.8. The van der Waals surface area contributed by atoms with Crippen LogP contribution in [0.2, 0.25) is 0 Å². The van der Waals surface area contributed by atoms with Gasteiger partial charge in [0.15, 0.2) is 17.5 Å². The highest BCUT2D eigenvalue weighted by atomic mass is 127. The van der Waals surface area contributed by atoms with Crippen LogP contribution in [0, 0.1) is 0 Å². The van der Waals surface area contributed by atoms with Gasteiger partial charge in [0.2, 0.25) is 12.4 Å². The molecule has 1 atom stereocenters.